The van der Waals surface area contributed by atoms with Crippen LogP contribution in [0.15, 0.2) is 40.6 Å². The number of ether oxygens (including phenoxy) is 2. The Bertz CT molecular complexity index is 522. The number of aliphatic hydroxyl groups excluding tert-OH is 1. The highest BCUT2D eigenvalue weighted by molar-refractivity contribution is 7.10. The molecule has 1 aromatic rings. The van der Waals surface area contributed by atoms with Gasteiger partial charge in [0.25, 0.3) is 0 Å². The van der Waals surface area contributed by atoms with Gasteiger partial charge in [-0.15, -0.1) is 11.3 Å². The van der Waals surface area contributed by atoms with Crippen molar-refractivity contribution in [2.24, 2.45) is 0 Å². The van der Waals surface area contributed by atoms with E-state index in [1.165, 1.54) is 19.4 Å². The molecule has 3 nitrogen and oxygen atoms in total. The summed E-state index contributed by atoms with van der Waals surface area (Å²) in [6, 6.07) is 3.85. The first-order chi connectivity index (χ1) is 8.72. The average Bonchev–Trinajstić information content (AvgIpc) is 2.86. The van der Waals surface area contributed by atoms with E-state index in [0.717, 1.165) is 4.88 Å². The molecule has 5 heteroatoms. The van der Waals surface area contributed by atoms with Crippen LogP contribution < -0.4 is 0 Å². The molecule has 1 N–H and O–H groups in total. The SMILES string of the molecule is CO[C@@H]1C(Cl)=COC(=CC#Cc2cccs2)[C@@H]1O. The van der Waals surface area contributed by atoms with E-state index in [-0.39, 0.29) is 0 Å². The third-order valence-electron chi connectivity index (χ3n) is 2.34. The van der Waals surface area contributed by atoms with E-state index >= 15 is 0 Å². The van der Waals surface area contributed by atoms with Crippen LogP contribution in [-0.4, -0.2) is 24.4 Å². The van der Waals surface area contributed by atoms with Gasteiger partial charge in [0.05, 0.1) is 9.91 Å². The number of allylic oxidation sites excluding steroid dienone is 1. The van der Waals surface area contributed by atoms with Crippen LogP contribution in [0.25, 0.3) is 0 Å². The number of methoxy groups -OCH3 is 1. The highest BCUT2D eigenvalue weighted by atomic mass is 35.5. The molecule has 0 aliphatic carbocycles. The minimum atomic E-state index is -0.940. The summed E-state index contributed by atoms with van der Waals surface area (Å²) in [4.78, 5) is 0.953. The Labute approximate surface area is 114 Å². The maximum atomic E-state index is 9.95. The van der Waals surface area contributed by atoms with Gasteiger partial charge >= 0.3 is 0 Å². The van der Waals surface area contributed by atoms with Gasteiger partial charge in [-0.05, 0) is 11.4 Å². The van der Waals surface area contributed by atoms with E-state index in [2.05, 4.69) is 11.8 Å². The lowest BCUT2D eigenvalue weighted by atomic mass is 10.1. The molecule has 1 aromatic heterocycles. The first-order valence-electron chi connectivity index (χ1n) is 5.20. The minimum absolute atomic E-state index is 0.327. The fraction of sp³-hybridized carbons (Fsp3) is 0.231. The van der Waals surface area contributed by atoms with Gasteiger partial charge in [-0.3, -0.25) is 0 Å². The van der Waals surface area contributed by atoms with E-state index in [1.54, 1.807) is 11.3 Å². The van der Waals surface area contributed by atoms with Crippen molar-refractivity contribution in [2.75, 3.05) is 7.11 Å². The molecular weight excluding hydrogens is 272 g/mol. The predicted octanol–water partition coefficient (Wildman–Crippen LogP) is 2.47. The molecule has 0 amide bonds. The first kappa shape index (κ1) is 13.2. The van der Waals surface area contributed by atoms with E-state index in [4.69, 9.17) is 21.1 Å². The van der Waals surface area contributed by atoms with Crippen LogP contribution in [0, 0.1) is 11.8 Å². The largest absolute Gasteiger partial charge is 0.464 e. The first-order valence-corrected chi connectivity index (χ1v) is 6.46. The number of thiophene rings is 1. The van der Waals surface area contributed by atoms with Crippen molar-refractivity contribution in [1.29, 1.82) is 0 Å². The van der Waals surface area contributed by atoms with Crippen LogP contribution in [0.3, 0.4) is 0 Å². The molecule has 94 valence electrons. The van der Waals surface area contributed by atoms with Crippen molar-refractivity contribution in [2.45, 2.75) is 12.2 Å². The summed E-state index contributed by atoms with van der Waals surface area (Å²) in [5.41, 5.74) is 0. The molecule has 2 atom stereocenters. The number of hydrogen-bond donors (Lipinski definition) is 1. The fourth-order valence-corrected chi connectivity index (χ4v) is 2.28. The standard InChI is InChI=1S/C13H11ClO3S/c1-16-13-10(14)8-17-11(12(13)15)6-2-4-9-5-3-7-18-9/h3,5-8,12-13,15H,1H3/t12-,13+/m0/s1. The molecular formula is C13H11ClO3S. The highest BCUT2D eigenvalue weighted by Crippen LogP contribution is 2.26. The summed E-state index contributed by atoms with van der Waals surface area (Å²) in [7, 11) is 1.48. The van der Waals surface area contributed by atoms with Crippen molar-refractivity contribution >= 4 is 22.9 Å². The summed E-state index contributed by atoms with van der Waals surface area (Å²) in [6.45, 7) is 0. The summed E-state index contributed by atoms with van der Waals surface area (Å²) < 4.78 is 10.3. The average molecular weight is 283 g/mol. The van der Waals surface area contributed by atoms with Crippen LogP contribution in [-0.2, 0) is 9.47 Å². The molecule has 18 heavy (non-hydrogen) atoms. The summed E-state index contributed by atoms with van der Waals surface area (Å²) in [6.07, 6.45) is 1.33. The van der Waals surface area contributed by atoms with E-state index in [1.807, 2.05) is 17.5 Å². The molecule has 0 radical (unpaired) electrons. The van der Waals surface area contributed by atoms with Crippen molar-refractivity contribution in [3.63, 3.8) is 0 Å². The summed E-state index contributed by atoms with van der Waals surface area (Å²) in [5, 5.41) is 12.2. The van der Waals surface area contributed by atoms with E-state index < -0.39 is 12.2 Å². The number of aliphatic hydroxyl groups is 1. The predicted molar refractivity (Wildman–Crippen MR) is 71.1 cm³/mol. The zero-order valence-electron chi connectivity index (χ0n) is 9.59. The number of halogens is 1. The summed E-state index contributed by atoms with van der Waals surface area (Å²) >= 11 is 7.40. The lowest BCUT2D eigenvalue weighted by Gasteiger charge is -2.26. The van der Waals surface area contributed by atoms with Gasteiger partial charge in [-0.25, -0.2) is 0 Å². The van der Waals surface area contributed by atoms with Crippen molar-refractivity contribution in [3.05, 3.63) is 45.5 Å². The monoisotopic (exact) mass is 282 g/mol. The lowest BCUT2D eigenvalue weighted by molar-refractivity contribution is -0.00117. The Morgan fingerprint density at radius 3 is 3.11 bits per heavy atom. The summed E-state index contributed by atoms with van der Waals surface area (Å²) in [5.74, 6) is 6.10. The van der Waals surface area contributed by atoms with Gasteiger partial charge in [0.15, 0.2) is 0 Å². The Kier molecular flexibility index (Phi) is 4.45. The maximum Gasteiger partial charge on any atom is 0.143 e. The third-order valence-corrected chi connectivity index (χ3v) is 3.43. The van der Waals surface area contributed by atoms with Gasteiger partial charge in [0.1, 0.15) is 24.2 Å². The van der Waals surface area contributed by atoms with Crippen LogP contribution in [0.1, 0.15) is 4.88 Å². The molecule has 2 heterocycles. The fourth-order valence-electron chi connectivity index (χ4n) is 1.45. The highest BCUT2D eigenvalue weighted by Gasteiger charge is 2.30. The van der Waals surface area contributed by atoms with Crippen LogP contribution in [0.5, 0.6) is 0 Å². The van der Waals surface area contributed by atoms with Gasteiger partial charge < -0.3 is 14.6 Å². The normalized spacial score (nSPS) is 25.1. The Morgan fingerprint density at radius 1 is 1.61 bits per heavy atom. The van der Waals surface area contributed by atoms with Gasteiger partial charge in [0.2, 0.25) is 0 Å². The van der Waals surface area contributed by atoms with Gasteiger partial charge in [-0.1, -0.05) is 29.5 Å². The van der Waals surface area contributed by atoms with Crippen molar-refractivity contribution in [3.8, 4) is 11.8 Å². The van der Waals surface area contributed by atoms with E-state index in [9.17, 15) is 5.11 Å². The maximum absolute atomic E-state index is 9.95. The Morgan fingerprint density at radius 2 is 2.44 bits per heavy atom. The second kappa shape index (κ2) is 6.07. The molecule has 0 unspecified atom stereocenters. The quantitative estimate of drug-likeness (QED) is 0.804. The number of hydrogen-bond acceptors (Lipinski definition) is 4. The molecule has 0 saturated heterocycles. The topological polar surface area (TPSA) is 38.7 Å². The van der Waals surface area contributed by atoms with Gasteiger partial charge in [-0.2, -0.15) is 0 Å². The third kappa shape index (κ3) is 2.95. The lowest BCUT2D eigenvalue weighted by Crippen LogP contribution is -2.33. The van der Waals surface area contributed by atoms with Crippen LogP contribution >= 0.6 is 22.9 Å². The zero-order valence-corrected chi connectivity index (χ0v) is 11.2. The molecule has 2 rings (SSSR count). The van der Waals surface area contributed by atoms with E-state index in [0.29, 0.717) is 10.8 Å². The molecule has 0 fully saturated rings. The zero-order chi connectivity index (χ0) is 13.0. The smallest absolute Gasteiger partial charge is 0.143 e. The molecule has 1 aliphatic heterocycles. The molecule has 1 aliphatic rings. The van der Waals surface area contributed by atoms with Crippen molar-refractivity contribution < 1.29 is 14.6 Å². The number of rotatable bonds is 1. The van der Waals surface area contributed by atoms with Crippen LogP contribution in [0.4, 0.5) is 0 Å². The second-order valence-corrected chi connectivity index (χ2v) is 4.90. The minimum Gasteiger partial charge on any atom is -0.464 e. The van der Waals surface area contributed by atoms with Crippen molar-refractivity contribution in [1.82, 2.24) is 0 Å². The Hall–Kier alpha value is -1.25. The van der Waals surface area contributed by atoms with Crippen LogP contribution in [0.2, 0.25) is 0 Å². The molecule has 0 spiro atoms. The van der Waals surface area contributed by atoms with Gasteiger partial charge in [0, 0.05) is 13.2 Å². The molecule has 0 aromatic carbocycles. The second-order valence-electron chi connectivity index (χ2n) is 3.52. The Balaban J connectivity index is 2.14. The molecule has 0 saturated carbocycles. The molecule has 0 bridgehead atoms.